The number of nitro groups is 1. The second kappa shape index (κ2) is 9.48. The molecule has 0 unspecified atom stereocenters. The Balaban J connectivity index is 1.61. The van der Waals surface area contributed by atoms with E-state index >= 15 is 0 Å². The van der Waals surface area contributed by atoms with E-state index in [4.69, 9.17) is 16.3 Å². The van der Waals surface area contributed by atoms with Crippen molar-refractivity contribution >= 4 is 29.4 Å². The lowest BCUT2D eigenvalue weighted by Crippen LogP contribution is -2.18. The van der Waals surface area contributed by atoms with Crippen LogP contribution in [0.25, 0.3) is 0 Å². The molecule has 3 aromatic carbocycles. The van der Waals surface area contributed by atoms with Crippen LogP contribution in [0.2, 0.25) is 5.02 Å². The zero-order valence-electron chi connectivity index (χ0n) is 15.1. The van der Waals surface area contributed by atoms with Crippen LogP contribution in [0.3, 0.4) is 0 Å². The van der Waals surface area contributed by atoms with Gasteiger partial charge in [0.15, 0.2) is 0 Å². The summed E-state index contributed by atoms with van der Waals surface area (Å²) in [7, 11) is 0. The zero-order valence-corrected chi connectivity index (χ0v) is 15.9. The summed E-state index contributed by atoms with van der Waals surface area (Å²) in [6.07, 6.45) is 1.43. The Morgan fingerprint density at radius 1 is 1.10 bits per heavy atom. The van der Waals surface area contributed by atoms with Gasteiger partial charge in [-0.3, -0.25) is 14.9 Å². The molecule has 0 fully saturated rings. The van der Waals surface area contributed by atoms with E-state index in [9.17, 15) is 14.9 Å². The Bertz CT molecular complexity index is 1050. The van der Waals surface area contributed by atoms with Crippen molar-refractivity contribution in [3.63, 3.8) is 0 Å². The molecule has 7 nitrogen and oxygen atoms in total. The third kappa shape index (κ3) is 5.63. The van der Waals surface area contributed by atoms with Crippen molar-refractivity contribution in [3.8, 4) is 5.75 Å². The summed E-state index contributed by atoms with van der Waals surface area (Å²) in [6.45, 7) is 0.381. The molecule has 3 rings (SSSR count). The first kappa shape index (κ1) is 20.0. The number of rotatable bonds is 7. The average Bonchev–Trinajstić information content (AvgIpc) is 2.73. The normalized spacial score (nSPS) is 10.7. The van der Waals surface area contributed by atoms with Gasteiger partial charge >= 0.3 is 0 Å². The zero-order chi connectivity index (χ0) is 20.6. The quantitative estimate of drug-likeness (QED) is 0.351. The first-order valence-corrected chi connectivity index (χ1v) is 8.95. The van der Waals surface area contributed by atoms with Gasteiger partial charge in [0.2, 0.25) is 0 Å². The maximum atomic E-state index is 12.1. The number of hydrazone groups is 1. The molecule has 0 radical (unpaired) electrons. The van der Waals surface area contributed by atoms with Gasteiger partial charge in [-0.25, -0.2) is 5.43 Å². The van der Waals surface area contributed by atoms with Crippen LogP contribution in [-0.2, 0) is 6.61 Å². The molecule has 0 aromatic heterocycles. The number of carbonyl (C=O) groups excluding carboxylic acids is 1. The van der Waals surface area contributed by atoms with Gasteiger partial charge in [0, 0.05) is 11.1 Å². The van der Waals surface area contributed by atoms with E-state index in [2.05, 4.69) is 10.5 Å². The minimum atomic E-state index is -0.663. The first-order valence-electron chi connectivity index (χ1n) is 8.57. The Hall–Kier alpha value is -3.71. The summed E-state index contributed by atoms with van der Waals surface area (Å²) in [5.41, 5.74) is 3.63. The Kier molecular flexibility index (Phi) is 6.55. The summed E-state index contributed by atoms with van der Waals surface area (Å²) >= 11 is 5.86. The number of carbonyl (C=O) groups is 1. The average molecular weight is 410 g/mol. The molecule has 0 saturated heterocycles. The van der Waals surface area contributed by atoms with Crippen molar-refractivity contribution in [2.24, 2.45) is 5.10 Å². The molecule has 29 heavy (non-hydrogen) atoms. The Labute approximate surface area is 171 Å². The highest BCUT2D eigenvalue weighted by Gasteiger charge is 2.18. The molecular formula is C21H16ClN3O4. The molecule has 0 bridgehead atoms. The smallest absolute Gasteiger partial charge is 0.282 e. The van der Waals surface area contributed by atoms with Crippen LogP contribution in [0.15, 0.2) is 77.9 Å². The number of nitrogens with zero attached hydrogens (tertiary/aromatic N) is 2. The van der Waals surface area contributed by atoms with Crippen molar-refractivity contribution in [2.45, 2.75) is 6.61 Å². The van der Waals surface area contributed by atoms with E-state index in [1.54, 1.807) is 42.5 Å². The van der Waals surface area contributed by atoms with Gasteiger partial charge in [0.25, 0.3) is 11.6 Å². The summed E-state index contributed by atoms with van der Waals surface area (Å²) in [5, 5.41) is 15.5. The van der Waals surface area contributed by atoms with Crippen molar-refractivity contribution < 1.29 is 14.5 Å². The molecule has 3 aromatic rings. The molecule has 1 N–H and O–H groups in total. The number of hydrogen-bond donors (Lipinski definition) is 1. The van der Waals surface area contributed by atoms with Crippen LogP contribution in [0.5, 0.6) is 5.75 Å². The van der Waals surface area contributed by atoms with E-state index < -0.39 is 10.8 Å². The first-order chi connectivity index (χ1) is 14.0. The summed E-state index contributed by atoms with van der Waals surface area (Å²) in [4.78, 5) is 22.5. The molecule has 0 aliphatic heterocycles. The third-order valence-electron chi connectivity index (χ3n) is 3.90. The van der Waals surface area contributed by atoms with Gasteiger partial charge in [0.1, 0.15) is 17.9 Å². The topological polar surface area (TPSA) is 93.8 Å². The minimum absolute atomic E-state index is 0.0605. The van der Waals surface area contributed by atoms with Crippen LogP contribution in [0.1, 0.15) is 21.5 Å². The molecule has 8 heteroatoms. The van der Waals surface area contributed by atoms with E-state index in [-0.39, 0.29) is 11.3 Å². The van der Waals surface area contributed by atoms with E-state index in [0.717, 1.165) is 5.56 Å². The van der Waals surface area contributed by atoms with Crippen molar-refractivity contribution in [1.29, 1.82) is 0 Å². The van der Waals surface area contributed by atoms with Gasteiger partial charge in [-0.05, 0) is 41.5 Å². The lowest BCUT2D eigenvalue weighted by Gasteiger charge is -2.07. The van der Waals surface area contributed by atoms with Gasteiger partial charge in [-0.1, -0.05) is 48.0 Å². The van der Waals surface area contributed by atoms with Crippen LogP contribution in [0, 0.1) is 10.1 Å². The summed E-state index contributed by atoms with van der Waals surface area (Å²) in [6, 6.07) is 20.2. The number of benzene rings is 3. The third-order valence-corrected chi connectivity index (χ3v) is 4.15. The highest BCUT2D eigenvalue weighted by atomic mass is 35.5. The van der Waals surface area contributed by atoms with Gasteiger partial charge in [-0.15, -0.1) is 0 Å². The predicted molar refractivity (Wildman–Crippen MR) is 110 cm³/mol. The molecule has 0 aliphatic carbocycles. The second-order valence-electron chi connectivity index (χ2n) is 5.96. The summed E-state index contributed by atoms with van der Waals surface area (Å²) < 4.78 is 5.74. The van der Waals surface area contributed by atoms with E-state index in [0.29, 0.717) is 22.9 Å². The molecular weight excluding hydrogens is 394 g/mol. The maximum absolute atomic E-state index is 12.1. The number of nitro benzene ring substituents is 1. The van der Waals surface area contributed by atoms with Crippen LogP contribution < -0.4 is 10.2 Å². The number of amides is 1. The molecule has 0 spiro atoms. The number of ether oxygens (including phenoxy) is 1. The number of hydrogen-bond acceptors (Lipinski definition) is 5. The molecule has 1 amide bonds. The SMILES string of the molecule is O=C(N/N=C\c1cccc(OCc2ccc(Cl)cc2)c1)c1ccccc1[N+](=O)[O-]. The second-order valence-corrected chi connectivity index (χ2v) is 6.40. The van der Waals surface area contributed by atoms with Crippen molar-refractivity contribution in [1.82, 2.24) is 5.43 Å². The molecule has 0 saturated carbocycles. The number of halogens is 1. The molecule has 146 valence electrons. The van der Waals surface area contributed by atoms with Crippen LogP contribution in [-0.4, -0.2) is 17.0 Å². The van der Waals surface area contributed by atoms with Crippen molar-refractivity contribution in [3.05, 3.63) is 105 Å². The highest BCUT2D eigenvalue weighted by Crippen LogP contribution is 2.18. The Morgan fingerprint density at radius 2 is 1.86 bits per heavy atom. The maximum Gasteiger partial charge on any atom is 0.282 e. The lowest BCUT2D eigenvalue weighted by atomic mass is 10.2. The predicted octanol–water partition coefficient (Wildman–Crippen LogP) is 4.59. The fraction of sp³-hybridized carbons (Fsp3) is 0.0476. The molecule has 0 heterocycles. The monoisotopic (exact) mass is 409 g/mol. The van der Waals surface area contributed by atoms with E-state index in [1.165, 1.54) is 24.4 Å². The van der Waals surface area contributed by atoms with E-state index in [1.807, 2.05) is 12.1 Å². The molecule has 0 aliphatic rings. The standard InChI is InChI=1S/C21H16ClN3O4/c22-17-10-8-15(9-11-17)14-29-18-5-3-4-16(12-18)13-23-24-21(26)19-6-1-2-7-20(19)25(27)28/h1-13H,14H2,(H,24,26)/b23-13-. The fourth-order valence-corrected chi connectivity index (χ4v) is 2.61. The van der Waals surface area contributed by atoms with Crippen LogP contribution in [0.4, 0.5) is 5.69 Å². The van der Waals surface area contributed by atoms with Gasteiger partial charge in [-0.2, -0.15) is 5.10 Å². The number of para-hydroxylation sites is 1. The lowest BCUT2D eigenvalue weighted by molar-refractivity contribution is -0.385. The highest BCUT2D eigenvalue weighted by molar-refractivity contribution is 6.30. The number of nitrogens with one attached hydrogen (secondary N) is 1. The van der Waals surface area contributed by atoms with Gasteiger partial charge in [0.05, 0.1) is 11.1 Å². The van der Waals surface area contributed by atoms with Crippen molar-refractivity contribution in [2.75, 3.05) is 0 Å². The molecule has 0 atom stereocenters. The fourth-order valence-electron chi connectivity index (χ4n) is 2.48. The minimum Gasteiger partial charge on any atom is -0.489 e. The Morgan fingerprint density at radius 3 is 2.62 bits per heavy atom. The van der Waals surface area contributed by atoms with Crippen LogP contribution >= 0.6 is 11.6 Å². The summed E-state index contributed by atoms with van der Waals surface area (Å²) in [5.74, 6) is -0.0300. The largest absolute Gasteiger partial charge is 0.489 e. The van der Waals surface area contributed by atoms with Gasteiger partial charge < -0.3 is 4.74 Å².